The zero-order valence-corrected chi connectivity index (χ0v) is 15.3. The van der Waals surface area contributed by atoms with Crippen molar-refractivity contribution in [1.82, 2.24) is 15.0 Å². The third-order valence-electron chi connectivity index (χ3n) is 4.94. The number of aromatic amines is 1. The lowest BCUT2D eigenvalue weighted by molar-refractivity contribution is 0.00706. The molecule has 4 heterocycles. The number of hydrogen-bond donors (Lipinski definition) is 2. The molecule has 0 spiro atoms. The Balaban J connectivity index is 1.42. The Morgan fingerprint density at radius 2 is 1.96 bits per heavy atom. The highest BCUT2D eigenvalue weighted by Crippen LogP contribution is 2.32. The minimum Gasteiger partial charge on any atom is -0.456 e. The summed E-state index contributed by atoms with van der Waals surface area (Å²) in [5.41, 5.74) is 3.02. The first-order chi connectivity index (χ1) is 13.6. The van der Waals surface area contributed by atoms with E-state index >= 15 is 0 Å². The number of pyridine rings is 1. The number of benzene rings is 1. The van der Waals surface area contributed by atoms with E-state index in [1.54, 1.807) is 30.3 Å². The van der Waals surface area contributed by atoms with Gasteiger partial charge in [-0.1, -0.05) is 23.7 Å². The standard InChI is InChI=1S/C19H15ClN4O4/c20-11-5-12-18(23-15(11)10-3-1-9(6-21)2-4-10)24-19(22-12)28-14-8-27-16-13(25)7-26-17(14)16/h1-5,13-14,16-17,25H,7-8H2,(H,22,23,24)/t13-,14-,16-,17-/m1/s1. The van der Waals surface area contributed by atoms with Crippen LogP contribution in [0.15, 0.2) is 30.3 Å². The van der Waals surface area contributed by atoms with E-state index in [-0.39, 0.29) is 30.9 Å². The number of hydrogen-bond acceptors (Lipinski definition) is 7. The number of fused-ring (bicyclic) bond motifs is 2. The van der Waals surface area contributed by atoms with Crippen molar-refractivity contribution in [3.63, 3.8) is 0 Å². The lowest BCUT2D eigenvalue weighted by atomic mass is 10.1. The van der Waals surface area contributed by atoms with Crippen LogP contribution < -0.4 is 4.74 Å². The van der Waals surface area contributed by atoms with E-state index < -0.39 is 6.10 Å². The van der Waals surface area contributed by atoms with Crippen LogP contribution in [0.3, 0.4) is 0 Å². The number of aliphatic hydroxyl groups is 1. The summed E-state index contributed by atoms with van der Waals surface area (Å²) in [6.07, 6.45) is -1.69. The quantitative estimate of drug-likeness (QED) is 0.694. The summed E-state index contributed by atoms with van der Waals surface area (Å²) >= 11 is 6.40. The van der Waals surface area contributed by atoms with Crippen molar-refractivity contribution in [2.45, 2.75) is 24.4 Å². The number of ether oxygens (including phenoxy) is 3. The highest BCUT2D eigenvalue weighted by molar-refractivity contribution is 6.33. The number of nitrogens with zero attached hydrogens (tertiary/aromatic N) is 3. The molecule has 2 aromatic heterocycles. The second-order valence-electron chi connectivity index (χ2n) is 6.74. The van der Waals surface area contributed by atoms with E-state index in [0.29, 0.717) is 34.1 Å². The van der Waals surface area contributed by atoms with Gasteiger partial charge in [0.25, 0.3) is 6.01 Å². The summed E-state index contributed by atoms with van der Waals surface area (Å²) in [6, 6.07) is 11.1. The van der Waals surface area contributed by atoms with Gasteiger partial charge >= 0.3 is 0 Å². The van der Waals surface area contributed by atoms with Crippen molar-refractivity contribution in [3.8, 4) is 23.3 Å². The third kappa shape index (κ3) is 2.89. The van der Waals surface area contributed by atoms with Crippen LogP contribution in [0.2, 0.25) is 5.02 Å². The average Bonchev–Trinajstić information content (AvgIpc) is 3.38. The number of halogens is 1. The fourth-order valence-electron chi connectivity index (χ4n) is 3.54. The van der Waals surface area contributed by atoms with Crippen LogP contribution in [-0.4, -0.2) is 57.7 Å². The van der Waals surface area contributed by atoms with Crippen LogP contribution in [0.4, 0.5) is 0 Å². The number of H-pyrrole nitrogens is 1. The van der Waals surface area contributed by atoms with Crippen molar-refractivity contribution in [2.75, 3.05) is 13.2 Å². The molecule has 142 valence electrons. The average molecular weight is 399 g/mol. The zero-order valence-electron chi connectivity index (χ0n) is 14.5. The van der Waals surface area contributed by atoms with E-state index in [0.717, 1.165) is 5.56 Å². The Morgan fingerprint density at radius 3 is 2.75 bits per heavy atom. The Kier molecular flexibility index (Phi) is 4.18. The first-order valence-corrected chi connectivity index (χ1v) is 9.15. The second kappa shape index (κ2) is 6.72. The number of aromatic nitrogens is 3. The van der Waals surface area contributed by atoms with Gasteiger partial charge in [-0.3, -0.25) is 0 Å². The smallest absolute Gasteiger partial charge is 0.296 e. The van der Waals surface area contributed by atoms with E-state index in [1.807, 2.05) is 0 Å². The Hall–Kier alpha value is -2.70. The molecular weight excluding hydrogens is 384 g/mol. The molecule has 2 aliphatic rings. The largest absolute Gasteiger partial charge is 0.456 e. The molecule has 0 unspecified atom stereocenters. The number of aliphatic hydroxyl groups excluding tert-OH is 1. The molecule has 3 aromatic rings. The monoisotopic (exact) mass is 398 g/mol. The maximum Gasteiger partial charge on any atom is 0.296 e. The number of rotatable bonds is 3. The van der Waals surface area contributed by atoms with E-state index in [4.69, 9.17) is 31.1 Å². The highest BCUT2D eigenvalue weighted by atomic mass is 35.5. The van der Waals surface area contributed by atoms with E-state index in [1.165, 1.54) is 0 Å². The fourth-order valence-corrected chi connectivity index (χ4v) is 3.81. The molecule has 2 saturated heterocycles. The molecule has 0 saturated carbocycles. The van der Waals surface area contributed by atoms with Crippen LogP contribution in [0.5, 0.6) is 6.01 Å². The molecule has 0 amide bonds. The van der Waals surface area contributed by atoms with Crippen molar-refractivity contribution in [1.29, 1.82) is 5.26 Å². The molecule has 2 fully saturated rings. The predicted molar refractivity (Wildman–Crippen MR) is 99.0 cm³/mol. The first-order valence-electron chi connectivity index (χ1n) is 8.77. The van der Waals surface area contributed by atoms with Gasteiger partial charge in [-0.2, -0.15) is 10.2 Å². The fraction of sp³-hybridized carbons (Fsp3) is 0.316. The molecule has 0 bridgehead atoms. The molecule has 2 N–H and O–H groups in total. The second-order valence-corrected chi connectivity index (χ2v) is 7.15. The van der Waals surface area contributed by atoms with Gasteiger partial charge in [0.05, 0.1) is 41.1 Å². The summed E-state index contributed by atoms with van der Waals surface area (Å²) in [5.74, 6) is 0. The summed E-state index contributed by atoms with van der Waals surface area (Å²) in [4.78, 5) is 12.0. The molecule has 2 aliphatic heterocycles. The van der Waals surface area contributed by atoms with E-state index in [2.05, 4.69) is 21.0 Å². The number of nitriles is 1. The summed E-state index contributed by atoms with van der Waals surface area (Å²) in [7, 11) is 0. The maximum absolute atomic E-state index is 9.83. The van der Waals surface area contributed by atoms with Crippen LogP contribution in [0.1, 0.15) is 5.56 Å². The van der Waals surface area contributed by atoms with Crippen molar-refractivity contribution < 1.29 is 19.3 Å². The van der Waals surface area contributed by atoms with Gasteiger partial charge in [-0.25, -0.2) is 4.98 Å². The van der Waals surface area contributed by atoms with Crippen LogP contribution in [-0.2, 0) is 9.47 Å². The van der Waals surface area contributed by atoms with Crippen LogP contribution in [0.25, 0.3) is 22.4 Å². The van der Waals surface area contributed by atoms with Gasteiger partial charge < -0.3 is 24.3 Å². The lowest BCUT2D eigenvalue weighted by Gasteiger charge is -2.15. The predicted octanol–water partition coefficient (Wildman–Crippen LogP) is 2.06. The Bertz CT molecular complexity index is 1080. The molecule has 9 heteroatoms. The highest BCUT2D eigenvalue weighted by Gasteiger charge is 2.48. The van der Waals surface area contributed by atoms with Gasteiger partial charge in [-0.15, -0.1) is 0 Å². The molecule has 0 aliphatic carbocycles. The Morgan fingerprint density at radius 1 is 1.18 bits per heavy atom. The molecule has 28 heavy (non-hydrogen) atoms. The molecular formula is C19H15ClN4O4. The molecule has 5 rings (SSSR count). The lowest BCUT2D eigenvalue weighted by Crippen LogP contribution is -2.34. The Labute approximate surface area is 164 Å². The summed E-state index contributed by atoms with van der Waals surface area (Å²) in [6.45, 7) is 0.550. The van der Waals surface area contributed by atoms with Gasteiger partial charge in [0, 0.05) is 5.56 Å². The molecule has 4 atom stereocenters. The topological polar surface area (TPSA) is 113 Å². The minimum atomic E-state index is -0.635. The van der Waals surface area contributed by atoms with Gasteiger partial charge in [0.1, 0.15) is 18.3 Å². The van der Waals surface area contributed by atoms with Crippen molar-refractivity contribution in [3.05, 3.63) is 40.9 Å². The SMILES string of the molecule is N#Cc1ccc(-c2nc3nc(O[C@@H]4CO[C@H]5[C@@H]4OC[C@H]5O)[nH]c3cc2Cl)cc1. The molecule has 8 nitrogen and oxygen atoms in total. The van der Waals surface area contributed by atoms with Crippen molar-refractivity contribution in [2.24, 2.45) is 0 Å². The van der Waals surface area contributed by atoms with Crippen molar-refractivity contribution >= 4 is 22.8 Å². The third-order valence-corrected chi connectivity index (χ3v) is 5.23. The summed E-state index contributed by atoms with van der Waals surface area (Å²) < 4.78 is 17.0. The maximum atomic E-state index is 9.83. The molecule has 1 aromatic carbocycles. The first kappa shape index (κ1) is 17.4. The van der Waals surface area contributed by atoms with Crippen LogP contribution >= 0.6 is 11.6 Å². The normalized spacial score (nSPS) is 26.3. The zero-order chi connectivity index (χ0) is 19.3. The number of imidazole rings is 1. The molecule has 0 radical (unpaired) electrons. The summed E-state index contributed by atoms with van der Waals surface area (Å²) in [5, 5.41) is 19.2. The minimum absolute atomic E-state index is 0.237. The van der Waals surface area contributed by atoms with E-state index in [9.17, 15) is 5.11 Å². The van der Waals surface area contributed by atoms with Gasteiger partial charge in [0.15, 0.2) is 11.8 Å². The van der Waals surface area contributed by atoms with Gasteiger partial charge in [0.2, 0.25) is 0 Å². The van der Waals surface area contributed by atoms with Crippen LogP contribution in [0, 0.1) is 11.3 Å². The van der Waals surface area contributed by atoms with Gasteiger partial charge in [-0.05, 0) is 18.2 Å². The number of nitrogens with one attached hydrogen (secondary N) is 1.